The fraction of sp³-hybridized carbons (Fsp3) is 0.462. The van der Waals surface area contributed by atoms with Crippen LogP contribution in [0.4, 0.5) is 0 Å². The first-order valence-electron chi connectivity index (χ1n) is 5.72. The van der Waals surface area contributed by atoms with Crippen molar-refractivity contribution in [2.24, 2.45) is 5.92 Å². The smallest absolute Gasteiger partial charge is 0.308 e. The average molecular weight is 258 g/mol. The van der Waals surface area contributed by atoms with Crippen LogP contribution < -0.4 is 17.7 Å². The lowest BCUT2D eigenvalue weighted by molar-refractivity contribution is -0.671. The molecule has 96 valence electrons. The Morgan fingerprint density at radius 1 is 1.29 bits per heavy atom. The molecule has 0 radical (unpaired) electrons. The molecular formula is C13H20ClNO2. The first kappa shape index (κ1) is 15.9. The van der Waals surface area contributed by atoms with Crippen LogP contribution in [0.15, 0.2) is 30.3 Å². The third-order valence-corrected chi connectivity index (χ3v) is 2.26. The van der Waals surface area contributed by atoms with Crippen LogP contribution in [0.25, 0.3) is 0 Å². The van der Waals surface area contributed by atoms with E-state index in [1.807, 2.05) is 32.0 Å². The van der Waals surface area contributed by atoms with Gasteiger partial charge in [0.2, 0.25) is 0 Å². The second-order valence-electron chi connectivity index (χ2n) is 4.09. The van der Waals surface area contributed by atoms with Gasteiger partial charge in [-0.25, -0.2) is 0 Å². The van der Waals surface area contributed by atoms with Crippen LogP contribution in [-0.2, 0) is 16.1 Å². The van der Waals surface area contributed by atoms with Gasteiger partial charge in [0.15, 0.2) is 0 Å². The molecule has 0 fully saturated rings. The third-order valence-electron chi connectivity index (χ3n) is 2.26. The van der Waals surface area contributed by atoms with Gasteiger partial charge in [0, 0.05) is 5.56 Å². The SMILES string of the molecule is CC(C)C(=O)OCC[NH2+]Cc1ccccc1.[Cl-]. The van der Waals surface area contributed by atoms with Gasteiger partial charge in [-0.3, -0.25) is 4.79 Å². The van der Waals surface area contributed by atoms with Crippen LogP contribution in [0.1, 0.15) is 19.4 Å². The molecule has 0 spiro atoms. The number of benzene rings is 1. The Bertz CT molecular complexity index is 314. The summed E-state index contributed by atoms with van der Waals surface area (Å²) in [5.74, 6) is -0.151. The highest BCUT2D eigenvalue weighted by Crippen LogP contribution is 1.95. The topological polar surface area (TPSA) is 42.9 Å². The van der Waals surface area contributed by atoms with Gasteiger partial charge >= 0.3 is 5.97 Å². The van der Waals surface area contributed by atoms with Crippen molar-refractivity contribution in [3.8, 4) is 0 Å². The molecule has 0 amide bonds. The molecule has 2 N–H and O–H groups in total. The van der Waals surface area contributed by atoms with Crippen molar-refractivity contribution in [2.75, 3.05) is 13.2 Å². The lowest BCUT2D eigenvalue weighted by Crippen LogP contribution is -3.00. The first-order chi connectivity index (χ1) is 7.70. The number of esters is 1. The van der Waals surface area contributed by atoms with Crippen LogP contribution in [-0.4, -0.2) is 19.1 Å². The molecule has 0 unspecified atom stereocenters. The minimum absolute atomic E-state index is 0. The molecule has 0 aliphatic rings. The maximum Gasteiger partial charge on any atom is 0.308 e. The second kappa shape index (κ2) is 9.02. The fourth-order valence-electron chi connectivity index (χ4n) is 1.29. The van der Waals surface area contributed by atoms with Gasteiger partial charge in [-0.05, 0) is 0 Å². The Hall–Kier alpha value is -1.06. The molecule has 1 aromatic carbocycles. The van der Waals surface area contributed by atoms with E-state index in [-0.39, 0.29) is 24.3 Å². The molecule has 0 aromatic heterocycles. The van der Waals surface area contributed by atoms with E-state index in [1.165, 1.54) is 5.56 Å². The van der Waals surface area contributed by atoms with Gasteiger partial charge in [0.1, 0.15) is 19.7 Å². The van der Waals surface area contributed by atoms with Crippen molar-refractivity contribution in [3.63, 3.8) is 0 Å². The van der Waals surface area contributed by atoms with Gasteiger partial charge in [-0.2, -0.15) is 0 Å². The summed E-state index contributed by atoms with van der Waals surface area (Å²) in [6, 6.07) is 10.3. The number of rotatable bonds is 6. The summed E-state index contributed by atoms with van der Waals surface area (Å²) in [6.45, 7) is 5.92. The fourth-order valence-corrected chi connectivity index (χ4v) is 1.29. The molecule has 0 aliphatic carbocycles. The zero-order chi connectivity index (χ0) is 11.8. The summed E-state index contributed by atoms with van der Waals surface area (Å²) in [7, 11) is 0. The molecule has 0 heterocycles. The van der Waals surface area contributed by atoms with Crippen molar-refractivity contribution in [2.45, 2.75) is 20.4 Å². The van der Waals surface area contributed by atoms with E-state index < -0.39 is 0 Å². The lowest BCUT2D eigenvalue weighted by Gasteiger charge is -2.06. The number of hydrogen-bond donors (Lipinski definition) is 1. The number of halogens is 1. The molecule has 0 atom stereocenters. The van der Waals surface area contributed by atoms with Crippen molar-refractivity contribution in [1.29, 1.82) is 0 Å². The van der Waals surface area contributed by atoms with E-state index in [2.05, 4.69) is 17.4 Å². The van der Waals surface area contributed by atoms with E-state index >= 15 is 0 Å². The number of hydrogen-bond acceptors (Lipinski definition) is 2. The molecule has 0 aliphatic heterocycles. The van der Waals surface area contributed by atoms with Gasteiger partial charge in [0.25, 0.3) is 0 Å². The molecule has 0 saturated carbocycles. The largest absolute Gasteiger partial charge is 1.00 e. The van der Waals surface area contributed by atoms with Crippen molar-refractivity contribution in [3.05, 3.63) is 35.9 Å². The summed E-state index contributed by atoms with van der Waals surface area (Å²) in [4.78, 5) is 11.1. The third kappa shape index (κ3) is 6.97. The van der Waals surface area contributed by atoms with Crippen molar-refractivity contribution >= 4 is 5.97 Å². The standard InChI is InChI=1S/C13H19NO2.ClH/c1-11(2)13(15)16-9-8-14-10-12-6-4-3-5-7-12;/h3-7,11,14H,8-10H2,1-2H3;1H. The Labute approximate surface area is 109 Å². The van der Waals surface area contributed by atoms with Crippen LogP contribution in [0, 0.1) is 5.92 Å². The number of carbonyl (C=O) groups is 1. The second-order valence-corrected chi connectivity index (χ2v) is 4.09. The quantitative estimate of drug-likeness (QED) is 0.471. The van der Waals surface area contributed by atoms with Crippen molar-refractivity contribution < 1.29 is 27.3 Å². The Morgan fingerprint density at radius 3 is 2.53 bits per heavy atom. The molecule has 3 nitrogen and oxygen atoms in total. The predicted octanol–water partition coefficient (Wildman–Crippen LogP) is -2.05. The number of quaternary nitrogens is 1. The summed E-state index contributed by atoms with van der Waals surface area (Å²) in [6.07, 6.45) is 0. The first-order valence-corrected chi connectivity index (χ1v) is 5.72. The van der Waals surface area contributed by atoms with Gasteiger partial charge in [0.05, 0.1) is 5.92 Å². The van der Waals surface area contributed by atoms with Crippen LogP contribution >= 0.6 is 0 Å². The van der Waals surface area contributed by atoms with E-state index in [1.54, 1.807) is 0 Å². The lowest BCUT2D eigenvalue weighted by atomic mass is 10.2. The molecule has 1 rings (SSSR count). The maximum atomic E-state index is 11.1. The summed E-state index contributed by atoms with van der Waals surface area (Å²) < 4.78 is 5.07. The van der Waals surface area contributed by atoms with Crippen molar-refractivity contribution in [1.82, 2.24) is 0 Å². The highest BCUT2D eigenvalue weighted by Gasteiger charge is 2.07. The number of carbonyl (C=O) groups excluding carboxylic acids is 1. The van der Waals surface area contributed by atoms with Crippen LogP contribution in [0.5, 0.6) is 0 Å². The average Bonchev–Trinajstić information content (AvgIpc) is 2.29. The zero-order valence-corrected chi connectivity index (χ0v) is 11.1. The summed E-state index contributed by atoms with van der Waals surface area (Å²) in [5, 5.41) is 2.14. The maximum absolute atomic E-state index is 11.1. The van der Waals surface area contributed by atoms with Gasteiger partial charge in [-0.1, -0.05) is 44.2 Å². The van der Waals surface area contributed by atoms with E-state index in [9.17, 15) is 4.79 Å². The highest BCUT2D eigenvalue weighted by atomic mass is 35.5. The molecule has 17 heavy (non-hydrogen) atoms. The normalized spacial score (nSPS) is 9.82. The molecule has 4 heteroatoms. The van der Waals surface area contributed by atoms with E-state index in [0.717, 1.165) is 13.1 Å². The van der Waals surface area contributed by atoms with Gasteiger partial charge < -0.3 is 22.5 Å². The minimum Gasteiger partial charge on any atom is -1.00 e. The minimum atomic E-state index is -0.117. The zero-order valence-electron chi connectivity index (χ0n) is 10.4. The molecule has 0 bridgehead atoms. The Morgan fingerprint density at radius 2 is 1.94 bits per heavy atom. The van der Waals surface area contributed by atoms with E-state index in [0.29, 0.717) is 6.61 Å². The Kier molecular flexibility index (Phi) is 8.46. The summed E-state index contributed by atoms with van der Waals surface area (Å²) in [5.41, 5.74) is 1.29. The van der Waals surface area contributed by atoms with Crippen LogP contribution in [0.3, 0.4) is 0 Å². The number of ether oxygens (including phenoxy) is 1. The van der Waals surface area contributed by atoms with E-state index in [4.69, 9.17) is 4.74 Å². The highest BCUT2D eigenvalue weighted by molar-refractivity contribution is 5.71. The van der Waals surface area contributed by atoms with Crippen LogP contribution in [0.2, 0.25) is 0 Å². The number of nitrogens with two attached hydrogens (primary N) is 1. The summed E-state index contributed by atoms with van der Waals surface area (Å²) >= 11 is 0. The molecular weight excluding hydrogens is 238 g/mol. The van der Waals surface area contributed by atoms with Gasteiger partial charge in [-0.15, -0.1) is 0 Å². The Balaban J connectivity index is 0.00000256. The molecule has 1 aromatic rings. The monoisotopic (exact) mass is 257 g/mol. The predicted molar refractivity (Wildman–Crippen MR) is 62.7 cm³/mol. The molecule has 0 saturated heterocycles.